The molecule has 0 aromatic rings. The third kappa shape index (κ3) is 9.63. The molecule has 0 heterocycles. The molecule has 0 saturated carbocycles. The van der Waals surface area contributed by atoms with E-state index < -0.39 is 23.6 Å². The Bertz CT molecular complexity index is 849. The van der Waals surface area contributed by atoms with E-state index in [2.05, 4.69) is 32.9 Å². The standard InChI is InChI=1S/C27H38O5/c1-19(15-16-23-21(3)12-9-17-27(23,4)5)10-8-11-20(2)18-24(28)22(26(31)32)13-6-7-14-25(29)30/h8,10-11,15-16,18,22H,6-7,9,12-14,17H2,1-5H3,(H,29,30)(H,31,32)/b11-8+,16-15+,19-10+,20-18+. The molecule has 32 heavy (non-hydrogen) atoms. The Hall–Kier alpha value is -2.69. The van der Waals surface area contributed by atoms with Crippen LogP contribution in [0, 0.1) is 11.3 Å². The predicted molar refractivity (Wildman–Crippen MR) is 128 cm³/mol. The third-order valence-electron chi connectivity index (χ3n) is 5.92. The quantitative estimate of drug-likeness (QED) is 0.157. The average molecular weight is 443 g/mol. The van der Waals surface area contributed by atoms with Crippen LogP contribution in [0.3, 0.4) is 0 Å². The molecule has 1 aliphatic rings. The number of hydrogen-bond donors (Lipinski definition) is 2. The number of carboxylic acid groups (broad SMARTS) is 2. The summed E-state index contributed by atoms with van der Waals surface area (Å²) in [6.07, 6.45) is 15.7. The number of aliphatic carboxylic acids is 2. The molecule has 0 saturated heterocycles. The monoisotopic (exact) mass is 442 g/mol. The van der Waals surface area contributed by atoms with Gasteiger partial charge in [-0.1, -0.05) is 61.8 Å². The van der Waals surface area contributed by atoms with Crippen molar-refractivity contribution in [3.63, 3.8) is 0 Å². The molecule has 176 valence electrons. The minimum atomic E-state index is -1.17. The molecule has 0 aromatic heterocycles. The number of carbonyl (C=O) groups is 3. The molecule has 0 radical (unpaired) electrons. The summed E-state index contributed by atoms with van der Waals surface area (Å²) in [5.41, 5.74) is 4.82. The van der Waals surface area contributed by atoms with Gasteiger partial charge in [-0.25, -0.2) is 0 Å². The van der Waals surface area contributed by atoms with Gasteiger partial charge in [0, 0.05) is 6.42 Å². The van der Waals surface area contributed by atoms with Crippen LogP contribution in [0.1, 0.15) is 79.6 Å². The largest absolute Gasteiger partial charge is 0.481 e. The zero-order valence-electron chi connectivity index (χ0n) is 20.1. The Morgan fingerprint density at radius 1 is 1.06 bits per heavy atom. The highest BCUT2D eigenvalue weighted by atomic mass is 16.4. The first-order valence-electron chi connectivity index (χ1n) is 11.3. The van der Waals surface area contributed by atoms with E-state index in [-0.39, 0.29) is 18.3 Å². The summed E-state index contributed by atoms with van der Waals surface area (Å²) in [4.78, 5) is 34.3. The highest BCUT2D eigenvalue weighted by Gasteiger charge is 2.26. The Morgan fingerprint density at radius 3 is 2.34 bits per heavy atom. The smallest absolute Gasteiger partial charge is 0.314 e. The molecular weight excluding hydrogens is 404 g/mol. The van der Waals surface area contributed by atoms with Crippen molar-refractivity contribution in [1.29, 1.82) is 0 Å². The summed E-state index contributed by atoms with van der Waals surface area (Å²) in [5.74, 6) is -3.69. The normalized spacial score (nSPS) is 18.4. The Balaban J connectivity index is 2.73. The second-order valence-electron chi connectivity index (χ2n) is 9.36. The molecule has 1 aliphatic carbocycles. The number of allylic oxidation sites excluding steroid dienone is 10. The van der Waals surface area contributed by atoms with Crippen molar-refractivity contribution in [2.24, 2.45) is 11.3 Å². The van der Waals surface area contributed by atoms with Gasteiger partial charge >= 0.3 is 11.9 Å². The van der Waals surface area contributed by atoms with Gasteiger partial charge in [-0.15, -0.1) is 0 Å². The lowest BCUT2D eigenvalue weighted by atomic mass is 9.72. The first kappa shape index (κ1) is 27.3. The highest BCUT2D eigenvalue weighted by Crippen LogP contribution is 2.40. The van der Waals surface area contributed by atoms with E-state index in [0.29, 0.717) is 18.4 Å². The third-order valence-corrected chi connectivity index (χ3v) is 5.92. The van der Waals surface area contributed by atoms with Crippen LogP contribution >= 0.6 is 0 Å². The second kappa shape index (κ2) is 13.0. The van der Waals surface area contributed by atoms with Crippen LogP contribution in [0.2, 0.25) is 0 Å². The van der Waals surface area contributed by atoms with Gasteiger partial charge in [0.2, 0.25) is 0 Å². The van der Waals surface area contributed by atoms with E-state index in [1.807, 2.05) is 19.1 Å². The second-order valence-corrected chi connectivity index (χ2v) is 9.36. The fraction of sp³-hybridized carbons (Fsp3) is 0.519. The van der Waals surface area contributed by atoms with Gasteiger partial charge in [0.25, 0.3) is 0 Å². The molecule has 0 amide bonds. The van der Waals surface area contributed by atoms with Crippen molar-refractivity contribution in [3.8, 4) is 0 Å². The van der Waals surface area contributed by atoms with E-state index in [1.165, 1.54) is 30.1 Å². The number of hydrogen-bond acceptors (Lipinski definition) is 3. The van der Waals surface area contributed by atoms with Crippen molar-refractivity contribution in [3.05, 3.63) is 58.7 Å². The van der Waals surface area contributed by atoms with Gasteiger partial charge in [0.05, 0.1) is 0 Å². The first-order chi connectivity index (χ1) is 14.9. The van der Waals surface area contributed by atoms with Crippen molar-refractivity contribution >= 4 is 17.7 Å². The molecule has 0 fully saturated rings. The lowest BCUT2D eigenvalue weighted by Crippen LogP contribution is -2.22. The summed E-state index contributed by atoms with van der Waals surface area (Å²) in [7, 11) is 0. The molecule has 0 aromatic carbocycles. The molecule has 1 unspecified atom stereocenters. The first-order valence-corrected chi connectivity index (χ1v) is 11.3. The van der Waals surface area contributed by atoms with Crippen molar-refractivity contribution in [1.82, 2.24) is 0 Å². The van der Waals surface area contributed by atoms with E-state index >= 15 is 0 Å². The Labute approximate surface area is 192 Å². The topological polar surface area (TPSA) is 91.7 Å². The molecule has 2 N–H and O–H groups in total. The summed E-state index contributed by atoms with van der Waals surface area (Å²) in [6.45, 7) is 10.6. The van der Waals surface area contributed by atoms with Crippen molar-refractivity contribution < 1.29 is 24.6 Å². The molecule has 0 bridgehead atoms. The zero-order chi connectivity index (χ0) is 24.3. The van der Waals surface area contributed by atoms with Gasteiger partial charge in [-0.3, -0.25) is 14.4 Å². The van der Waals surface area contributed by atoms with E-state index in [4.69, 9.17) is 5.11 Å². The van der Waals surface area contributed by atoms with Crippen molar-refractivity contribution in [2.45, 2.75) is 79.6 Å². The maximum Gasteiger partial charge on any atom is 0.314 e. The number of carbonyl (C=O) groups excluding carboxylic acids is 1. The number of unbranched alkanes of at least 4 members (excludes halogenated alkanes) is 1. The maximum absolute atomic E-state index is 12.4. The van der Waals surface area contributed by atoms with Gasteiger partial charge in [0.15, 0.2) is 5.78 Å². The van der Waals surface area contributed by atoms with Crippen LogP contribution in [0.15, 0.2) is 58.7 Å². The van der Waals surface area contributed by atoms with E-state index in [0.717, 1.165) is 12.0 Å². The molecule has 5 nitrogen and oxygen atoms in total. The number of rotatable bonds is 12. The van der Waals surface area contributed by atoms with Gasteiger partial charge < -0.3 is 10.2 Å². The van der Waals surface area contributed by atoms with Gasteiger partial charge in [-0.05, 0) is 75.5 Å². The van der Waals surface area contributed by atoms with Gasteiger partial charge in [-0.2, -0.15) is 0 Å². The molecule has 1 rings (SSSR count). The predicted octanol–water partition coefficient (Wildman–Crippen LogP) is 6.43. The molecule has 0 spiro atoms. The molecule has 5 heteroatoms. The van der Waals surface area contributed by atoms with Crippen LogP contribution < -0.4 is 0 Å². The lowest BCUT2D eigenvalue weighted by Gasteiger charge is -2.32. The lowest BCUT2D eigenvalue weighted by molar-refractivity contribution is -0.145. The summed E-state index contributed by atoms with van der Waals surface area (Å²) < 4.78 is 0. The highest BCUT2D eigenvalue weighted by molar-refractivity contribution is 6.04. The van der Waals surface area contributed by atoms with Crippen LogP contribution in [-0.4, -0.2) is 27.9 Å². The minimum Gasteiger partial charge on any atom is -0.481 e. The van der Waals surface area contributed by atoms with Crippen LogP contribution in [0.25, 0.3) is 0 Å². The molecule has 0 aliphatic heterocycles. The van der Waals surface area contributed by atoms with Gasteiger partial charge in [0.1, 0.15) is 5.92 Å². The fourth-order valence-corrected chi connectivity index (χ4v) is 4.02. The summed E-state index contributed by atoms with van der Waals surface area (Å²) >= 11 is 0. The molecular formula is C27H38O5. The van der Waals surface area contributed by atoms with Crippen LogP contribution in [-0.2, 0) is 14.4 Å². The fourth-order valence-electron chi connectivity index (χ4n) is 4.02. The number of carboxylic acids is 2. The van der Waals surface area contributed by atoms with E-state index in [9.17, 15) is 19.5 Å². The summed E-state index contributed by atoms with van der Waals surface area (Å²) in [5, 5.41) is 18.0. The van der Waals surface area contributed by atoms with Crippen LogP contribution in [0.4, 0.5) is 0 Å². The Morgan fingerprint density at radius 2 is 1.75 bits per heavy atom. The maximum atomic E-state index is 12.4. The number of ketones is 1. The Kier molecular flexibility index (Phi) is 11.1. The molecule has 1 atom stereocenters. The average Bonchev–Trinajstić information content (AvgIpc) is 2.66. The van der Waals surface area contributed by atoms with Crippen LogP contribution in [0.5, 0.6) is 0 Å². The SMILES string of the molecule is CC1=C(/C=C/C(C)=C/C=C/C(C)=C/C(=O)C(CCCCC(=O)O)C(=O)O)C(C)(C)CCC1. The van der Waals surface area contributed by atoms with Crippen molar-refractivity contribution in [2.75, 3.05) is 0 Å². The minimum absolute atomic E-state index is 0.0212. The zero-order valence-corrected chi connectivity index (χ0v) is 20.1. The van der Waals surface area contributed by atoms with E-state index in [1.54, 1.807) is 13.0 Å². The summed E-state index contributed by atoms with van der Waals surface area (Å²) in [6, 6.07) is 0.